The number of hydrogen-bond donors (Lipinski definition) is 2. The molecule has 0 heterocycles. The Morgan fingerprint density at radius 2 is 2.05 bits per heavy atom. The number of carbonyl (C=O) groups excluding carboxylic acids is 1. The van der Waals surface area contributed by atoms with Gasteiger partial charge in [-0.1, -0.05) is 24.6 Å². The first-order chi connectivity index (χ1) is 9.19. The van der Waals surface area contributed by atoms with Gasteiger partial charge in [0.05, 0.1) is 11.7 Å². The summed E-state index contributed by atoms with van der Waals surface area (Å²) >= 11 is 5.73. The fourth-order valence-electron chi connectivity index (χ4n) is 1.47. The number of halogens is 1. The summed E-state index contributed by atoms with van der Waals surface area (Å²) in [5.41, 5.74) is 0.379. The lowest BCUT2D eigenvalue weighted by atomic mass is 10.2. The summed E-state index contributed by atoms with van der Waals surface area (Å²) in [5, 5.41) is 11.5. The van der Waals surface area contributed by atoms with Crippen LogP contribution >= 0.6 is 11.6 Å². The number of carboxylic acid groups (broad SMARTS) is 1. The molecule has 2 N–H and O–H groups in total. The number of aliphatic carboxylic acids is 1. The minimum Gasteiger partial charge on any atom is -0.481 e. The van der Waals surface area contributed by atoms with Crippen molar-refractivity contribution in [2.45, 2.75) is 6.92 Å². The molecule has 0 aliphatic rings. The molecule has 1 unspecified atom stereocenters. The Bertz CT molecular complexity index is 614. The summed E-state index contributed by atoms with van der Waals surface area (Å²) in [4.78, 5) is 22.2. The Balaban J connectivity index is 2.64. The molecule has 0 radical (unpaired) electrons. The van der Waals surface area contributed by atoms with E-state index in [1.165, 1.54) is 13.0 Å². The molecule has 0 fully saturated rings. The van der Waals surface area contributed by atoms with Crippen LogP contribution < -0.4 is 5.32 Å². The lowest BCUT2D eigenvalue weighted by molar-refractivity contribution is -0.140. The van der Waals surface area contributed by atoms with E-state index >= 15 is 0 Å². The first kappa shape index (κ1) is 16.5. The van der Waals surface area contributed by atoms with Gasteiger partial charge in [0, 0.05) is 10.7 Å². The number of carboxylic acids is 1. The fourth-order valence-corrected chi connectivity index (χ4v) is 3.16. The van der Waals surface area contributed by atoms with Crippen LogP contribution in [0.25, 0.3) is 0 Å². The third-order valence-corrected chi connectivity index (χ3v) is 4.33. The monoisotopic (exact) mass is 319 g/mol. The molecule has 0 saturated heterocycles. The van der Waals surface area contributed by atoms with Crippen LogP contribution in [0, 0.1) is 5.92 Å². The standard InChI is InChI=1S/C12H14ClNO5S/c1-8(12(16)17)6-20(18,19)7-11(15)14-10-4-2-3-9(13)5-10/h2-5,8H,6-7H2,1H3,(H,14,15)(H,16,17). The van der Waals surface area contributed by atoms with E-state index in [1.54, 1.807) is 18.2 Å². The zero-order valence-corrected chi connectivity index (χ0v) is 12.2. The number of sulfone groups is 1. The van der Waals surface area contributed by atoms with Crippen molar-refractivity contribution in [3.63, 3.8) is 0 Å². The van der Waals surface area contributed by atoms with Crippen LogP contribution in [-0.2, 0) is 19.4 Å². The molecule has 6 nitrogen and oxygen atoms in total. The number of carbonyl (C=O) groups is 2. The number of nitrogens with one attached hydrogen (secondary N) is 1. The van der Waals surface area contributed by atoms with Crippen molar-refractivity contribution < 1.29 is 23.1 Å². The number of hydrogen-bond acceptors (Lipinski definition) is 4. The maximum absolute atomic E-state index is 11.7. The summed E-state index contributed by atoms with van der Waals surface area (Å²) in [6, 6.07) is 6.27. The van der Waals surface area contributed by atoms with Gasteiger partial charge in [-0.05, 0) is 18.2 Å². The predicted molar refractivity (Wildman–Crippen MR) is 75.5 cm³/mol. The van der Waals surface area contributed by atoms with Gasteiger partial charge in [0.2, 0.25) is 5.91 Å². The molecule has 1 atom stereocenters. The minimum absolute atomic E-state index is 0.379. The van der Waals surface area contributed by atoms with Crippen LogP contribution in [0.4, 0.5) is 5.69 Å². The Labute approximate surface area is 121 Å². The molecule has 0 spiro atoms. The predicted octanol–water partition coefficient (Wildman–Crippen LogP) is 1.41. The number of benzene rings is 1. The molecule has 1 aromatic rings. The van der Waals surface area contributed by atoms with Crippen molar-refractivity contribution in [2.75, 3.05) is 16.8 Å². The molecule has 1 amide bonds. The van der Waals surface area contributed by atoms with Crippen molar-refractivity contribution in [1.29, 1.82) is 0 Å². The molecule has 1 rings (SSSR count). The minimum atomic E-state index is -3.78. The Morgan fingerprint density at radius 1 is 1.40 bits per heavy atom. The quantitative estimate of drug-likeness (QED) is 0.825. The lowest BCUT2D eigenvalue weighted by Gasteiger charge is -2.08. The number of amides is 1. The lowest BCUT2D eigenvalue weighted by Crippen LogP contribution is -2.29. The number of anilines is 1. The summed E-state index contributed by atoms with van der Waals surface area (Å²) in [6.07, 6.45) is 0. The van der Waals surface area contributed by atoms with Crippen molar-refractivity contribution >= 4 is 39.0 Å². The summed E-state index contributed by atoms with van der Waals surface area (Å²) in [5.74, 6) is -4.35. The summed E-state index contributed by atoms with van der Waals surface area (Å²) in [6.45, 7) is 1.27. The Kier molecular flexibility index (Phi) is 5.52. The molecule has 0 saturated carbocycles. The molecule has 20 heavy (non-hydrogen) atoms. The zero-order chi connectivity index (χ0) is 15.3. The van der Waals surface area contributed by atoms with E-state index in [1.807, 2.05) is 0 Å². The van der Waals surface area contributed by atoms with E-state index in [0.29, 0.717) is 10.7 Å². The summed E-state index contributed by atoms with van der Waals surface area (Å²) in [7, 11) is -3.78. The molecule has 110 valence electrons. The van der Waals surface area contributed by atoms with E-state index in [9.17, 15) is 18.0 Å². The highest BCUT2D eigenvalue weighted by Gasteiger charge is 2.23. The van der Waals surface area contributed by atoms with Gasteiger partial charge in [-0.3, -0.25) is 9.59 Å². The summed E-state index contributed by atoms with van der Waals surface area (Å²) < 4.78 is 23.3. The van der Waals surface area contributed by atoms with Crippen LogP contribution in [-0.4, -0.2) is 36.9 Å². The maximum atomic E-state index is 11.7. The van der Waals surface area contributed by atoms with Crippen LogP contribution in [0.1, 0.15) is 6.92 Å². The van der Waals surface area contributed by atoms with Crippen molar-refractivity contribution in [3.8, 4) is 0 Å². The largest absolute Gasteiger partial charge is 0.481 e. The Morgan fingerprint density at radius 3 is 2.60 bits per heavy atom. The van der Waals surface area contributed by atoms with Crippen molar-refractivity contribution in [1.82, 2.24) is 0 Å². The van der Waals surface area contributed by atoms with Gasteiger partial charge in [0.25, 0.3) is 0 Å². The second-order valence-electron chi connectivity index (χ2n) is 4.35. The van der Waals surface area contributed by atoms with Gasteiger partial charge >= 0.3 is 5.97 Å². The average Bonchev–Trinajstić information content (AvgIpc) is 2.26. The molecule has 0 aromatic heterocycles. The zero-order valence-electron chi connectivity index (χ0n) is 10.7. The topological polar surface area (TPSA) is 101 Å². The number of rotatable bonds is 6. The van der Waals surface area contributed by atoms with E-state index in [-0.39, 0.29) is 0 Å². The van der Waals surface area contributed by atoms with Gasteiger partial charge in [0.1, 0.15) is 5.75 Å². The first-order valence-electron chi connectivity index (χ1n) is 5.68. The molecule has 8 heteroatoms. The van der Waals surface area contributed by atoms with E-state index < -0.39 is 39.1 Å². The van der Waals surface area contributed by atoms with Gasteiger partial charge in [-0.25, -0.2) is 8.42 Å². The molecule has 0 aliphatic carbocycles. The van der Waals surface area contributed by atoms with Crippen LogP contribution in [0.5, 0.6) is 0 Å². The van der Waals surface area contributed by atoms with Crippen LogP contribution in [0.3, 0.4) is 0 Å². The third kappa shape index (κ3) is 5.58. The van der Waals surface area contributed by atoms with Gasteiger partial charge < -0.3 is 10.4 Å². The van der Waals surface area contributed by atoms with Gasteiger partial charge in [-0.15, -0.1) is 0 Å². The molecule has 0 bridgehead atoms. The van der Waals surface area contributed by atoms with E-state index in [2.05, 4.69) is 5.32 Å². The van der Waals surface area contributed by atoms with E-state index in [4.69, 9.17) is 16.7 Å². The van der Waals surface area contributed by atoms with E-state index in [0.717, 1.165) is 0 Å². The van der Waals surface area contributed by atoms with Crippen molar-refractivity contribution in [2.24, 2.45) is 5.92 Å². The SMILES string of the molecule is CC(CS(=O)(=O)CC(=O)Nc1cccc(Cl)c1)C(=O)O. The molecule has 0 aliphatic heterocycles. The van der Waals surface area contributed by atoms with Crippen LogP contribution in [0.2, 0.25) is 5.02 Å². The molecular weight excluding hydrogens is 306 g/mol. The average molecular weight is 320 g/mol. The highest BCUT2D eigenvalue weighted by atomic mass is 35.5. The maximum Gasteiger partial charge on any atom is 0.307 e. The van der Waals surface area contributed by atoms with Crippen LogP contribution in [0.15, 0.2) is 24.3 Å². The second kappa shape index (κ2) is 6.71. The van der Waals surface area contributed by atoms with Gasteiger partial charge in [-0.2, -0.15) is 0 Å². The molecule has 1 aromatic carbocycles. The van der Waals surface area contributed by atoms with Crippen molar-refractivity contribution in [3.05, 3.63) is 29.3 Å². The molecular formula is C12H14ClNO5S. The second-order valence-corrected chi connectivity index (χ2v) is 6.90. The Hall–Kier alpha value is -1.60. The first-order valence-corrected chi connectivity index (χ1v) is 7.88. The highest BCUT2D eigenvalue weighted by molar-refractivity contribution is 7.92. The highest BCUT2D eigenvalue weighted by Crippen LogP contribution is 2.15. The normalized spacial score (nSPS) is 12.7. The smallest absolute Gasteiger partial charge is 0.307 e. The van der Waals surface area contributed by atoms with Gasteiger partial charge in [0.15, 0.2) is 9.84 Å². The third-order valence-electron chi connectivity index (χ3n) is 2.38. The fraction of sp³-hybridized carbons (Fsp3) is 0.333.